The number of rotatable bonds is 3. The number of carbonyl (C=O) groups excluding carboxylic acids is 2. The van der Waals surface area contributed by atoms with Crippen LogP contribution in [0.5, 0.6) is 0 Å². The van der Waals surface area contributed by atoms with Crippen molar-refractivity contribution in [2.45, 2.75) is 69.7 Å². The molecule has 2 amide bonds. The summed E-state index contributed by atoms with van der Waals surface area (Å²) in [5, 5.41) is 0. The van der Waals surface area contributed by atoms with Gasteiger partial charge in [0.25, 0.3) is 0 Å². The molecule has 146 valence electrons. The van der Waals surface area contributed by atoms with Crippen molar-refractivity contribution in [3.63, 3.8) is 0 Å². The first-order valence-electron chi connectivity index (χ1n) is 10.7. The van der Waals surface area contributed by atoms with Crippen LogP contribution in [-0.4, -0.2) is 52.3 Å². The summed E-state index contributed by atoms with van der Waals surface area (Å²) >= 11 is 0. The predicted octanol–water partition coefficient (Wildman–Crippen LogP) is 3.36. The number of hydrogen-bond acceptors (Lipinski definition) is 3. The first-order chi connectivity index (χ1) is 13.2. The van der Waals surface area contributed by atoms with Gasteiger partial charge in [-0.15, -0.1) is 0 Å². The first-order valence-corrected chi connectivity index (χ1v) is 10.7. The van der Waals surface area contributed by atoms with Gasteiger partial charge in [-0.25, -0.2) is 0 Å². The van der Waals surface area contributed by atoms with Gasteiger partial charge in [-0.05, 0) is 62.1 Å². The Balaban J connectivity index is 1.35. The van der Waals surface area contributed by atoms with Gasteiger partial charge in [-0.1, -0.05) is 19.3 Å². The number of piperidine rings is 1. The van der Waals surface area contributed by atoms with Crippen molar-refractivity contribution >= 4 is 11.8 Å². The lowest BCUT2D eigenvalue weighted by Gasteiger charge is -2.36. The largest absolute Gasteiger partial charge is 0.341 e. The summed E-state index contributed by atoms with van der Waals surface area (Å²) in [5.74, 6) is 1.10. The molecule has 27 heavy (non-hydrogen) atoms. The van der Waals surface area contributed by atoms with Gasteiger partial charge >= 0.3 is 0 Å². The fourth-order valence-corrected chi connectivity index (χ4v) is 5.15. The minimum absolute atomic E-state index is 0.157. The molecule has 4 rings (SSSR count). The Bertz CT molecular complexity index is 649. The van der Waals surface area contributed by atoms with Crippen LogP contribution in [0, 0.1) is 5.92 Å². The fourth-order valence-electron chi connectivity index (χ4n) is 5.15. The van der Waals surface area contributed by atoms with E-state index in [0.29, 0.717) is 5.92 Å². The number of carbonyl (C=O) groups is 2. The van der Waals surface area contributed by atoms with Crippen molar-refractivity contribution in [2.75, 3.05) is 19.6 Å². The smallest absolute Gasteiger partial charge is 0.245 e. The Hall–Kier alpha value is -1.91. The second-order valence-electron chi connectivity index (χ2n) is 8.40. The zero-order chi connectivity index (χ0) is 18.6. The molecule has 1 aliphatic carbocycles. The normalized spacial score (nSPS) is 25.0. The van der Waals surface area contributed by atoms with E-state index in [-0.39, 0.29) is 23.8 Å². The predicted molar refractivity (Wildman–Crippen MR) is 104 cm³/mol. The average molecular weight is 370 g/mol. The van der Waals surface area contributed by atoms with E-state index in [4.69, 9.17) is 0 Å². The Morgan fingerprint density at radius 1 is 0.815 bits per heavy atom. The number of nitrogens with zero attached hydrogens (tertiary/aromatic N) is 3. The van der Waals surface area contributed by atoms with E-state index in [2.05, 4.69) is 17.1 Å². The van der Waals surface area contributed by atoms with E-state index in [1.165, 1.54) is 12.0 Å². The van der Waals surface area contributed by atoms with E-state index in [1.54, 1.807) is 0 Å². The molecule has 0 spiro atoms. The highest BCUT2D eigenvalue weighted by molar-refractivity contribution is 5.89. The topological polar surface area (TPSA) is 53.5 Å². The van der Waals surface area contributed by atoms with E-state index < -0.39 is 0 Å². The monoisotopic (exact) mass is 369 g/mol. The Morgan fingerprint density at radius 3 is 2.22 bits per heavy atom. The zero-order valence-electron chi connectivity index (χ0n) is 16.2. The van der Waals surface area contributed by atoms with E-state index in [0.717, 1.165) is 71.0 Å². The first kappa shape index (κ1) is 18.5. The zero-order valence-corrected chi connectivity index (χ0v) is 16.2. The van der Waals surface area contributed by atoms with Crippen LogP contribution >= 0.6 is 0 Å². The molecule has 1 atom stereocenters. The lowest BCUT2D eigenvalue weighted by molar-refractivity contribution is -0.147. The number of pyridine rings is 1. The molecule has 2 aliphatic heterocycles. The minimum atomic E-state index is -0.211. The van der Waals surface area contributed by atoms with Gasteiger partial charge in [-0.2, -0.15) is 0 Å². The summed E-state index contributed by atoms with van der Waals surface area (Å²) in [6.45, 7) is 2.36. The van der Waals surface area contributed by atoms with Crippen molar-refractivity contribution in [1.82, 2.24) is 14.8 Å². The highest BCUT2D eigenvalue weighted by Gasteiger charge is 2.39. The lowest BCUT2D eigenvalue weighted by atomic mass is 9.88. The molecule has 3 fully saturated rings. The average Bonchev–Trinajstić information content (AvgIpc) is 3.24. The second kappa shape index (κ2) is 8.41. The van der Waals surface area contributed by atoms with Crippen LogP contribution in [0.1, 0.15) is 69.3 Å². The molecule has 1 saturated carbocycles. The lowest BCUT2D eigenvalue weighted by Crippen LogP contribution is -2.51. The number of likely N-dealkylation sites (tertiary alicyclic amines) is 2. The van der Waals surface area contributed by atoms with Gasteiger partial charge < -0.3 is 9.80 Å². The Labute approximate surface area is 162 Å². The number of amides is 2. The van der Waals surface area contributed by atoms with Gasteiger partial charge in [-0.3, -0.25) is 14.6 Å². The van der Waals surface area contributed by atoms with Crippen molar-refractivity contribution in [3.8, 4) is 0 Å². The quantitative estimate of drug-likeness (QED) is 0.821. The van der Waals surface area contributed by atoms with Crippen LogP contribution in [0.2, 0.25) is 0 Å². The third kappa shape index (κ3) is 4.02. The van der Waals surface area contributed by atoms with Gasteiger partial charge in [0.1, 0.15) is 6.04 Å². The van der Waals surface area contributed by atoms with Crippen molar-refractivity contribution < 1.29 is 9.59 Å². The van der Waals surface area contributed by atoms with Crippen molar-refractivity contribution in [1.29, 1.82) is 0 Å². The van der Waals surface area contributed by atoms with Gasteiger partial charge in [0.2, 0.25) is 11.8 Å². The van der Waals surface area contributed by atoms with Crippen LogP contribution in [-0.2, 0) is 9.59 Å². The maximum Gasteiger partial charge on any atom is 0.245 e. The molecule has 0 N–H and O–H groups in total. The van der Waals surface area contributed by atoms with E-state index in [1.807, 2.05) is 22.2 Å². The van der Waals surface area contributed by atoms with Crippen molar-refractivity contribution in [2.24, 2.45) is 5.92 Å². The summed E-state index contributed by atoms with van der Waals surface area (Å²) in [7, 11) is 0. The number of hydrogen-bond donors (Lipinski definition) is 0. The Kier molecular flexibility index (Phi) is 5.74. The fraction of sp³-hybridized carbons (Fsp3) is 0.682. The molecule has 0 unspecified atom stereocenters. The van der Waals surface area contributed by atoms with Crippen LogP contribution in [0.4, 0.5) is 0 Å². The summed E-state index contributed by atoms with van der Waals surface area (Å²) < 4.78 is 0. The highest BCUT2D eigenvalue weighted by Crippen LogP contribution is 2.31. The molecular formula is C22H31N3O2. The molecule has 2 saturated heterocycles. The molecule has 1 aromatic rings. The third-order valence-electron chi connectivity index (χ3n) is 6.76. The summed E-state index contributed by atoms with van der Waals surface area (Å²) in [6.07, 6.45) is 13.1. The molecule has 0 radical (unpaired) electrons. The van der Waals surface area contributed by atoms with Gasteiger partial charge in [0.05, 0.1) is 0 Å². The third-order valence-corrected chi connectivity index (χ3v) is 6.76. The van der Waals surface area contributed by atoms with Crippen LogP contribution in [0.15, 0.2) is 24.5 Å². The standard InChI is InChI=1S/C22H31N3O2/c26-21(19-5-2-1-3-6-19)25-14-4-7-20(25)22(27)24-15-10-18(11-16-24)17-8-12-23-13-9-17/h8-9,12-13,18-20H,1-7,10-11,14-16H2/t20-/m1/s1. The summed E-state index contributed by atoms with van der Waals surface area (Å²) in [4.78, 5) is 34.2. The molecular weight excluding hydrogens is 338 g/mol. The number of aromatic nitrogens is 1. The van der Waals surface area contributed by atoms with Gasteiger partial charge in [0, 0.05) is 37.9 Å². The van der Waals surface area contributed by atoms with Gasteiger partial charge in [0.15, 0.2) is 0 Å². The maximum atomic E-state index is 13.2. The molecule has 5 heteroatoms. The molecule has 1 aromatic heterocycles. The minimum Gasteiger partial charge on any atom is -0.341 e. The summed E-state index contributed by atoms with van der Waals surface area (Å²) in [5.41, 5.74) is 1.33. The van der Waals surface area contributed by atoms with Crippen LogP contribution in [0.3, 0.4) is 0 Å². The second-order valence-corrected chi connectivity index (χ2v) is 8.40. The SMILES string of the molecule is O=C([C@H]1CCCN1C(=O)C1CCCCC1)N1CCC(c2ccncc2)CC1. The van der Waals surface area contributed by atoms with Crippen LogP contribution in [0.25, 0.3) is 0 Å². The van der Waals surface area contributed by atoms with E-state index in [9.17, 15) is 9.59 Å². The molecule has 0 aromatic carbocycles. The molecule has 3 aliphatic rings. The molecule has 5 nitrogen and oxygen atoms in total. The molecule has 3 heterocycles. The van der Waals surface area contributed by atoms with Crippen LogP contribution < -0.4 is 0 Å². The maximum absolute atomic E-state index is 13.2. The Morgan fingerprint density at radius 2 is 1.52 bits per heavy atom. The highest BCUT2D eigenvalue weighted by atomic mass is 16.2. The van der Waals surface area contributed by atoms with E-state index >= 15 is 0 Å². The molecule has 0 bridgehead atoms. The summed E-state index contributed by atoms with van der Waals surface area (Å²) in [6, 6.07) is 3.96. The van der Waals surface area contributed by atoms with Crippen molar-refractivity contribution in [3.05, 3.63) is 30.1 Å².